The first-order chi connectivity index (χ1) is 38.5. The van der Waals surface area contributed by atoms with E-state index < -0.39 is 0 Å². The van der Waals surface area contributed by atoms with Crippen molar-refractivity contribution in [2.24, 2.45) is 0 Å². The molecule has 4 nitrogen and oxygen atoms in total. The highest BCUT2D eigenvalue weighted by Gasteiger charge is 2.23. The van der Waals surface area contributed by atoms with E-state index in [1.165, 1.54) is 0 Å². The van der Waals surface area contributed by atoms with Gasteiger partial charge >= 0.3 is 0 Å². The van der Waals surface area contributed by atoms with Gasteiger partial charge < -0.3 is 18.6 Å². The molecule has 2 heterocycles. The first-order valence-corrected chi connectivity index (χ1v) is 26.6. The molecule has 14 rings (SSSR count). The van der Waals surface area contributed by atoms with Crippen LogP contribution in [0.2, 0.25) is 0 Å². The Kier molecular flexibility index (Phi) is 11.6. The lowest BCUT2D eigenvalue weighted by atomic mass is 9.96. The molecule has 0 radical (unpaired) electrons. The van der Waals surface area contributed by atoms with E-state index in [0.717, 1.165) is 145 Å². The molecule has 0 N–H and O–H groups in total. The maximum atomic E-state index is 6.49. The van der Waals surface area contributed by atoms with E-state index >= 15 is 0 Å². The van der Waals surface area contributed by atoms with Crippen LogP contribution in [-0.2, 0) is 0 Å². The van der Waals surface area contributed by atoms with Gasteiger partial charge in [0.2, 0.25) is 0 Å². The van der Waals surface area contributed by atoms with Gasteiger partial charge in [0.15, 0.2) is 0 Å². The summed E-state index contributed by atoms with van der Waals surface area (Å²) in [7, 11) is 0. The van der Waals surface area contributed by atoms with Crippen molar-refractivity contribution in [2.75, 3.05) is 9.80 Å². The first kappa shape index (κ1) is 46.4. The average molecular weight is 1000 g/mol. The topological polar surface area (TPSA) is 32.8 Å². The first-order valence-electron chi connectivity index (χ1n) is 26.6. The summed E-state index contributed by atoms with van der Waals surface area (Å²) < 4.78 is 13.0. The number of nitrogens with zero attached hydrogens (tertiary/aromatic N) is 2. The highest BCUT2D eigenvalue weighted by Crippen LogP contribution is 2.47. The molecule has 0 atom stereocenters. The average Bonchev–Trinajstić information content (AvgIpc) is 4.28. The van der Waals surface area contributed by atoms with Gasteiger partial charge in [-0.15, -0.1) is 0 Å². The van der Waals surface area contributed by atoms with Crippen molar-refractivity contribution in [3.63, 3.8) is 0 Å². The molecule has 78 heavy (non-hydrogen) atoms. The zero-order valence-electron chi connectivity index (χ0n) is 43.3. The van der Waals surface area contributed by atoms with Gasteiger partial charge in [0.05, 0.1) is 11.4 Å². The van der Waals surface area contributed by atoms with Gasteiger partial charge in [0.1, 0.15) is 22.3 Å². The number of para-hydroxylation sites is 6. The Hall–Kier alpha value is -10.2. The molecule has 14 aromatic rings. The predicted octanol–water partition coefficient (Wildman–Crippen LogP) is 21.4. The highest BCUT2D eigenvalue weighted by molar-refractivity contribution is 6.11. The standard InChI is InChI=1S/C74H52N2O2/c1-49-47-55(39-45-67(49)75(69-31-13-9-23-59(69)51-19-5-3-6-20-51)57-41-35-53(36-42-57)61-27-17-29-65-63-25-11-15-33-71(63)77-73(61)65)56-40-46-68(50(2)48-56)76(70-32-14-10-24-60(70)52-21-7-4-8-22-52)58-43-37-54(38-44-58)62-28-18-30-66-64-26-12-16-34-72(64)78-74(62)66/h3-48H,1-2H3. The Morgan fingerprint density at radius 2 is 0.577 bits per heavy atom. The van der Waals surface area contributed by atoms with E-state index in [0.29, 0.717) is 0 Å². The minimum atomic E-state index is 0.896. The maximum Gasteiger partial charge on any atom is 0.143 e. The highest BCUT2D eigenvalue weighted by atomic mass is 16.3. The van der Waals surface area contributed by atoms with E-state index in [-0.39, 0.29) is 0 Å². The second-order valence-corrected chi connectivity index (χ2v) is 20.1. The number of furan rings is 2. The van der Waals surface area contributed by atoms with Crippen molar-refractivity contribution in [1.82, 2.24) is 0 Å². The molecular weight excluding hydrogens is 949 g/mol. The molecule has 0 saturated heterocycles. The molecule has 0 aliphatic heterocycles. The summed E-state index contributed by atoms with van der Waals surface area (Å²) in [5, 5.41) is 4.50. The molecule has 12 aromatic carbocycles. The van der Waals surface area contributed by atoms with Crippen molar-refractivity contribution in [3.8, 4) is 55.6 Å². The third-order valence-corrected chi connectivity index (χ3v) is 15.3. The smallest absolute Gasteiger partial charge is 0.143 e. The fraction of sp³-hybridized carbons (Fsp3) is 0.0270. The van der Waals surface area contributed by atoms with Crippen molar-refractivity contribution in [2.45, 2.75) is 13.8 Å². The molecule has 0 aliphatic carbocycles. The Morgan fingerprint density at radius 1 is 0.244 bits per heavy atom. The van der Waals surface area contributed by atoms with Crippen molar-refractivity contribution in [1.29, 1.82) is 0 Å². The summed E-state index contributed by atoms with van der Waals surface area (Å²) in [6, 6.07) is 99.9. The Balaban J connectivity index is 0.844. The van der Waals surface area contributed by atoms with Crippen LogP contribution in [0.5, 0.6) is 0 Å². The monoisotopic (exact) mass is 1000 g/mol. The largest absolute Gasteiger partial charge is 0.455 e. The summed E-state index contributed by atoms with van der Waals surface area (Å²) in [4.78, 5) is 4.82. The van der Waals surface area contributed by atoms with E-state index in [1.54, 1.807) is 0 Å². The zero-order chi connectivity index (χ0) is 52.1. The molecular formula is C74H52N2O2. The van der Waals surface area contributed by atoms with Crippen LogP contribution in [-0.4, -0.2) is 0 Å². The molecule has 0 bridgehead atoms. The normalized spacial score (nSPS) is 11.5. The Bertz CT molecular complexity index is 4220. The second-order valence-electron chi connectivity index (χ2n) is 20.1. The molecule has 2 aromatic heterocycles. The van der Waals surface area contributed by atoms with E-state index in [9.17, 15) is 0 Å². The summed E-state index contributed by atoms with van der Waals surface area (Å²) in [5.41, 5.74) is 23.7. The number of fused-ring (bicyclic) bond motifs is 6. The molecule has 0 unspecified atom stereocenters. The maximum absolute atomic E-state index is 6.49. The van der Waals surface area contributed by atoms with Crippen LogP contribution < -0.4 is 9.80 Å². The lowest BCUT2D eigenvalue weighted by molar-refractivity contribution is 0.669. The second kappa shape index (κ2) is 19.5. The molecule has 370 valence electrons. The predicted molar refractivity (Wildman–Crippen MR) is 327 cm³/mol. The zero-order valence-corrected chi connectivity index (χ0v) is 43.3. The minimum absolute atomic E-state index is 0.896. The van der Waals surface area contributed by atoms with Crippen molar-refractivity contribution in [3.05, 3.63) is 290 Å². The fourth-order valence-corrected chi connectivity index (χ4v) is 11.6. The van der Waals surface area contributed by atoms with E-state index in [2.05, 4.69) is 278 Å². The lowest BCUT2D eigenvalue weighted by Crippen LogP contribution is -2.13. The van der Waals surface area contributed by atoms with Gasteiger partial charge in [-0.3, -0.25) is 0 Å². The van der Waals surface area contributed by atoms with Gasteiger partial charge in [0, 0.05) is 66.5 Å². The fourth-order valence-electron chi connectivity index (χ4n) is 11.6. The van der Waals surface area contributed by atoms with Crippen LogP contribution in [0.15, 0.2) is 288 Å². The van der Waals surface area contributed by atoms with Crippen LogP contribution in [0.25, 0.3) is 99.5 Å². The minimum Gasteiger partial charge on any atom is -0.455 e. The SMILES string of the molecule is Cc1cc(-c2ccc(N(c3ccc(-c4cccc5c4oc4ccccc45)cc3)c3ccccc3-c3ccccc3)c(C)c2)ccc1N(c1ccc(-c2cccc3c2oc2ccccc23)cc1)c1ccccc1-c1ccccc1. The van der Waals surface area contributed by atoms with E-state index in [1.807, 2.05) is 24.3 Å². The number of rotatable bonds is 11. The summed E-state index contributed by atoms with van der Waals surface area (Å²) in [6.07, 6.45) is 0. The summed E-state index contributed by atoms with van der Waals surface area (Å²) in [5.74, 6) is 0. The number of hydrogen-bond acceptors (Lipinski definition) is 4. The Morgan fingerprint density at radius 3 is 1.00 bits per heavy atom. The van der Waals surface area contributed by atoms with Crippen LogP contribution in [0.4, 0.5) is 34.1 Å². The summed E-state index contributed by atoms with van der Waals surface area (Å²) >= 11 is 0. The molecule has 0 saturated carbocycles. The van der Waals surface area contributed by atoms with Gasteiger partial charge in [-0.25, -0.2) is 0 Å². The van der Waals surface area contributed by atoms with Gasteiger partial charge in [0.25, 0.3) is 0 Å². The molecule has 0 aliphatic rings. The lowest BCUT2D eigenvalue weighted by Gasteiger charge is -2.30. The quantitative estimate of drug-likeness (QED) is 0.129. The van der Waals surface area contributed by atoms with Gasteiger partial charge in [-0.1, -0.05) is 206 Å². The van der Waals surface area contributed by atoms with Gasteiger partial charge in [-0.2, -0.15) is 0 Å². The number of benzene rings is 12. The van der Waals surface area contributed by atoms with Gasteiger partial charge in [-0.05, 0) is 131 Å². The van der Waals surface area contributed by atoms with Crippen LogP contribution in [0.1, 0.15) is 11.1 Å². The van der Waals surface area contributed by atoms with Crippen LogP contribution >= 0.6 is 0 Å². The summed E-state index contributed by atoms with van der Waals surface area (Å²) in [6.45, 7) is 4.46. The molecule has 0 fully saturated rings. The molecule has 0 spiro atoms. The number of hydrogen-bond donors (Lipinski definition) is 0. The van der Waals surface area contributed by atoms with Crippen molar-refractivity contribution < 1.29 is 8.83 Å². The third-order valence-electron chi connectivity index (χ3n) is 15.3. The Labute approximate surface area is 454 Å². The third kappa shape index (κ3) is 8.19. The van der Waals surface area contributed by atoms with E-state index in [4.69, 9.17) is 8.83 Å². The number of aryl methyl sites for hydroxylation is 2. The van der Waals surface area contributed by atoms with Crippen LogP contribution in [0.3, 0.4) is 0 Å². The van der Waals surface area contributed by atoms with Crippen LogP contribution in [0, 0.1) is 13.8 Å². The molecule has 0 amide bonds. The van der Waals surface area contributed by atoms with Crippen molar-refractivity contribution >= 4 is 78.0 Å². The molecule has 4 heteroatoms. The number of anilines is 6.